The number of thiocyanates is 1. The summed E-state index contributed by atoms with van der Waals surface area (Å²) in [5.74, 6) is -0.349. The van der Waals surface area contributed by atoms with Gasteiger partial charge in [0.1, 0.15) is 0 Å². The molecule has 0 aliphatic carbocycles. The Kier molecular flexibility index (Phi) is 3.15. The van der Waals surface area contributed by atoms with Gasteiger partial charge in [-0.15, -0.1) is 0 Å². The largest absolute Gasteiger partial charge is 0.368 e. The Morgan fingerprint density at radius 3 is 2.62 bits per heavy atom. The maximum absolute atomic E-state index is 7.92. The monoisotopic (exact) mass is 150 g/mol. The molecule has 0 aliphatic rings. The lowest BCUT2D eigenvalue weighted by Gasteiger charge is -2.02. The molecule has 44 valence electrons. The van der Waals surface area contributed by atoms with E-state index in [1.807, 2.05) is 0 Å². The Balaban J connectivity index is 3.52. The first-order chi connectivity index (χ1) is 3.68. The highest BCUT2D eigenvalue weighted by molar-refractivity contribution is 8.02. The van der Waals surface area contributed by atoms with E-state index < -0.39 is 0 Å². The first-order valence-corrected chi connectivity index (χ1v) is 2.65. The smallest absolute Gasteiger partial charge is 0.214 e. The Morgan fingerprint density at radius 1 is 2.00 bits per heavy atom. The number of hydrogen-bond donors (Lipinski definition) is 2. The van der Waals surface area contributed by atoms with Gasteiger partial charge in [-0.25, -0.2) is 0 Å². The second-order valence-corrected chi connectivity index (χ2v) is 2.08. The van der Waals surface area contributed by atoms with Gasteiger partial charge in [-0.05, 0) is 0 Å². The summed E-state index contributed by atoms with van der Waals surface area (Å²) in [5, 5.41) is 16.2. The van der Waals surface area contributed by atoms with E-state index in [4.69, 9.17) is 28.2 Å². The molecule has 0 fully saturated rings. The molecule has 0 radical (unpaired) electrons. The molecule has 6 heteroatoms. The lowest BCUT2D eigenvalue weighted by Crippen LogP contribution is -2.21. The molecule has 0 saturated carbocycles. The number of guanidine groups is 1. The van der Waals surface area contributed by atoms with Crippen LogP contribution in [-0.4, -0.2) is 9.78 Å². The van der Waals surface area contributed by atoms with Crippen LogP contribution in [-0.2, 0) is 0 Å². The van der Waals surface area contributed by atoms with Crippen LogP contribution in [0.5, 0.6) is 0 Å². The van der Waals surface area contributed by atoms with Crippen molar-refractivity contribution in [2.75, 3.05) is 0 Å². The third kappa shape index (κ3) is 2.55. The van der Waals surface area contributed by atoms with Crippen molar-refractivity contribution in [1.29, 1.82) is 10.7 Å². The van der Waals surface area contributed by atoms with Crippen LogP contribution in [0, 0.1) is 16.1 Å². The van der Waals surface area contributed by atoms with E-state index in [2.05, 4.69) is 0 Å². The summed E-state index contributed by atoms with van der Waals surface area (Å²) in [7, 11) is 0. The quantitative estimate of drug-likeness (QED) is 0.187. The van der Waals surface area contributed by atoms with E-state index in [0.717, 1.165) is 3.82 Å². The maximum Gasteiger partial charge on any atom is 0.214 e. The maximum atomic E-state index is 7.92. The van der Waals surface area contributed by atoms with Gasteiger partial charge in [0.15, 0.2) is 5.40 Å². The van der Waals surface area contributed by atoms with Crippen molar-refractivity contribution in [3.8, 4) is 5.40 Å². The zero-order valence-electron chi connectivity index (χ0n) is 3.76. The van der Waals surface area contributed by atoms with Gasteiger partial charge in [0.2, 0.25) is 5.96 Å². The number of nitrogens with two attached hydrogens (primary N) is 1. The van der Waals surface area contributed by atoms with Crippen LogP contribution < -0.4 is 5.73 Å². The average Bonchev–Trinajstić information content (AvgIpc) is 1.67. The average molecular weight is 151 g/mol. The minimum atomic E-state index is -0.349. The van der Waals surface area contributed by atoms with E-state index >= 15 is 0 Å². The van der Waals surface area contributed by atoms with Crippen LogP contribution in [0.1, 0.15) is 0 Å². The number of nitriles is 1. The van der Waals surface area contributed by atoms with Crippen molar-refractivity contribution >= 4 is 29.7 Å². The highest BCUT2D eigenvalue weighted by Gasteiger charge is 1.99. The van der Waals surface area contributed by atoms with Crippen molar-refractivity contribution in [3.63, 3.8) is 0 Å². The molecule has 0 spiro atoms. The fraction of sp³-hybridized carbons (Fsp3) is 0. The van der Waals surface area contributed by atoms with Crippen molar-refractivity contribution < 1.29 is 0 Å². The molecule has 0 aromatic rings. The topological polar surface area (TPSA) is 76.9 Å². The molecule has 0 bridgehead atoms. The Labute approximate surface area is 56.0 Å². The summed E-state index contributed by atoms with van der Waals surface area (Å²) in [6.45, 7) is 0. The van der Waals surface area contributed by atoms with Crippen LogP contribution in [0.15, 0.2) is 0 Å². The van der Waals surface area contributed by atoms with Crippen LogP contribution >= 0.6 is 23.7 Å². The molecule has 0 heterocycles. The minimum absolute atomic E-state index is 0.349. The molecule has 0 aromatic heterocycles. The van der Waals surface area contributed by atoms with E-state index in [-0.39, 0.29) is 5.96 Å². The third-order valence-corrected chi connectivity index (χ3v) is 1.14. The molecule has 0 amide bonds. The predicted octanol–water partition coefficient (Wildman–Crippen LogP) is 0.465. The highest BCUT2D eigenvalue weighted by atomic mass is 35.5. The van der Waals surface area contributed by atoms with Gasteiger partial charge in [0.25, 0.3) is 0 Å². The number of hydrogen-bond acceptors (Lipinski definition) is 3. The first-order valence-electron chi connectivity index (χ1n) is 1.54. The van der Waals surface area contributed by atoms with E-state index in [9.17, 15) is 0 Å². The standard InChI is InChI=1S/C2H3ClN4S/c3-7(2(5)6)8-1-4/h(H3,5,6). The summed E-state index contributed by atoms with van der Waals surface area (Å²) in [4.78, 5) is 0. The second-order valence-electron chi connectivity index (χ2n) is 0.813. The van der Waals surface area contributed by atoms with Crippen molar-refractivity contribution in [3.05, 3.63) is 0 Å². The Hall–Kier alpha value is -0.600. The number of rotatable bonds is 1. The second kappa shape index (κ2) is 3.41. The van der Waals surface area contributed by atoms with Gasteiger partial charge in [0, 0.05) is 11.8 Å². The molecule has 0 saturated heterocycles. The van der Waals surface area contributed by atoms with Crippen molar-refractivity contribution in [1.82, 2.24) is 3.82 Å². The summed E-state index contributed by atoms with van der Waals surface area (Å²) in [6.07, 6.45) is 0. The molecule has 8 heavy (non-hydrogen) atoms. The highest BCUT2D eigenvalue weighted by Crippen LogP contribution is 2.08. The van der Waals surface area contributed by atoms with Gasteiger partial charge in [0.05, 0.1) is 11.9 Å². The van der Waals surface area contributed by atoms with Gasteiger partial charge in [-0.2, -0.15) is 9.09 Å². The summed E-state index contributed by atoms with van der Waals surface area (Å²) in [6, 6.07) is 0. The summed E-state index contributed by atoms with van der Waals surface area (Å²) >= 11 is 5.73. The summed E-state index contributed by atoms with van der Waals surface area (Å²) < 4.78 is 0.736. The molecule has 3 N–H and O–H groups in total. The van der Waals surface area contributed by atoms with Crippen molar-refractivity contribution in [2.45, 2.75) is 0 Å². The zero-order chi connectivity index (χ0) is 6.57. The molecule has 0 atom stereocenters. The van der Waals surface area contributed by atoms with E-state index in [0.29, 0.717) is 11.9 Å². The lowest BCUT2D eigenvalue weighted by molar-refractivity contribution is 1.05. The van der Waals surface area contributed by atoms with Gasteiger partial charge < -0.3 is 5.73 Å². The van der Waals surface area contributed by atoms with Gasteiger partial charge >= 0.3 is 0 Å². The van der Waals surface area contributed by atoms with Crippen molar-refractivity contribution in [2.24, 2.45) is 5.73 Å². The fourth-order valence-corrected chi connectivity index (χ4v) is 0.348. The number of nitrogens with zero attached hydrogens (tertiary/aromatic N) is 2. The Bertz CT molecular complexity index is 128. The molecular formula is C2H3ClN4S. The number of halogens is 1. The van der Waals surface area contributed by atoms with Crippen LogP contribution in [0.3, 0.4) is 0 Å². The van der Waals surface area contributed by atoms with Gasteiger partial charge in [-0.1, -0.05) is 0 Å². The summed E-state index contributed by atoms with van der Waals surface area (Å²) in [5.41, 5.74) is 4.83. The normalized spacial score (nSPS) is 7.50. The zero-order valence-corrected chi connectivity index (χ0v) is 5.33. The SMILES string of the molecule is N#CSN(Cl)C(=N)N. The fourth-order valence-electron chi connectivity index (χ4n) is 0.0850. The lowest BCUT2D eigenvalue weighted by atomic mass is 11.1. The Morgan fingerprint density at radius 2 is 2.50 bits per heavy atom. The molecule has 0 aliphatic heterocycles. The van der Waals surface area contributed by atoms with E-state index in [1.54, 1.807) is 5.40 Å². The minimum Gasteiger partial charge on any atom is -0.368 e. The van der Waals surface area contributed by atoms with E-state index in [1.165, 1.54) is 0 Å². The van der Waals surface area contributed by atoms with Crippen LogP contribution in [0.2, 0.25) is 0 Å². The molecule has 0 unspecified atom stereocenters. The first kappa shape index (κ1) is 7.40. The van der Waals surface area contributed by atoms with Gasteiger partial charge in [-0.3, -0.25) is 5.41 Å². The predicted molar refractivity (Wildman–Crippen MR) is 32.8 cm³/mol. The third-order valence-electron chi connectivity index (χ3n) is 0.310. The van der Waals surface area contributed by atoms with Crippen LogP contribution in [0.4, 0.5) is 0 Å². The molecular weight excluding hydrogens is 148 g/mol. The molecule has 0 aromatic carbocycles. The van der Waals surface area contributed by atoms with Crippen LogP contribution in [0.25, 0.3) is 0 Å². The molecule has 4 nitrogen and oxygen atoms in total. The molecule has 0 rings (SSSR count). The number of nitrogens with one attached hydrogen (secondary N) is 1.